The normalized spacial score (nSPS) is 22.8. The maximum atomic E-state index is 14.2. The lowest BCUT2D eigenvalue weighted by Gasteiger charge is -2.26. The predicted molar refractivity (Wildman–Crippen MR) is 60.5 cm³/mol. The molecule has 0 spiro atoms. The van der Waals surface area contributed by atoms with E-state index in [4.69, 9.17) is 0 Å². The van der Waals surface area contributed by atoms with Gasteiger partial charge in [-0.3, -0.25) is 0 Å². The van der Waals surface area contributed by atoms with Crippen molar-refractivity contribution >= 4 is 0 Å². The van der Waals surface area contributed by atoms with Crippen LogP contribution in [0.25, 0.3) is 0 Å². The maximum absolute atomic E-state index is 14.2. The second kappa shape index (κ2) is 4.91. The van der Waals surface area contributed by atoms with E-state index in [2.05, 4.69) is 5.32 Å². The van der Waals surface area contributed by atoms with E-state index in [0.29, 0.717) is 13.0 Å². The van der Waals surface area contributed by atoms with Crippen LogP contribution in [0.1, 0.15) is 24.8 Å². The molecule has 3 heteroatoms. The summed E-state index contributed by atoms with van der Waals surface area (Å²) in [6.45, 7) is 1.28. The average molecular weight is 225 g/mol. The zero-order valence-corrected chi connectivity index (χ0v) is 9.26. The van der Waals surface area contributed by atoms with E-state index in [0.717, 1.165) is 19.4 Å². The van der Waals surface area contributed by atoms with Crippen LogP contribution >= 0.6 is 0 Å². The smallest absolute Gasteiger partial charge is 0.277 e. The number of hydrogen-bond donors (Lipinski definition) is 1. The Hall–Kier alpha value is -0.960. The number of rotatable bonds is 2. The van der Waals surface area contributed by atoms with Gasteiger partial charge in [0.25, 0.3) is 5.92 Å². The molecule has 1 aromatic carbocycles. The highest BCUT2D eigenvalue weighted by atomic mass is 19.3. The van der Waals surface area contributed by atoms with Gasteiger partial charge in [-0.1, -0.05) is 36.8 Å². The van der Waals surface area contributed by atoms with Crippen molar-refractivity contribution in [1.29, 1.82) is 0 Å². The predicted octanol–water partition coefficient (Wildman–Crippen LogP) is 3.17. The van der Waals surface area contributed by atoms with Crippen LogP contribution < -0.4 is 5.32 Å². The Balaban J connectivity index is 2.16. The second-order valence-electron chi connectivity index (χ2n) is 4.39. The van der Waals surface area contributed by atoms with Crippen molar-refractivity contribution in [3.63, 3.8) is 0 Å². The summed E-state index contributed by atoms with van der Waals surface area (Å²) in [7, 11) is 0. The number of halogens is 2. The molecule has 88 valence electrons. The van der Waals surface area contributed by atoms with Crippen LogP contribution in [0.5, 0.6) is 0 Å². The standard InChI is InChI=1S/C13H17F2N/c14-13(15,11-6-2-1-3-7-11)12-8-4-5-9-16-10-12/h1-3,6-7,12,16H,4-5,8-10H2. The van der Waals surface area contributed by atoms with Gasteiger partial charge in [-0.25, -0.2) is 8.78 Å². The molecule has 2 rings (SSSR count). The molecule has 1 heterocycles. The summed E-state index contributed by atoms with van der Waals surface area (Å²) >= 11 is 0. The summed E-state index contributed by atoms with van der Waals surface area (Å²) < 4.78 is 28.4. The Labute approximate surface area is 94.9 Å². The second-order valence-corrected chi connectivity index (χ2v) is 4.39. The lowest BCUT2D eigenvalue weighted by Crippen LogP contribution is -2.33. The molecular formula is C13H17F2N. The van der Waals surface area contributed by atoms with Gasteiger partial charge in [0.2, 0.25) is 0 Å². The van der Waals surface area contributed by atoms with E-state index in [-0.39, 0.29) is 5.56 Å². The first kappa shape index (κ1) is 11.5. The molecule has 1 aliphatic rings. The molecule has 1 N–H and O–H groups in total. The minimum atomic E-state index is -2.71. The highest BCUT2D eigenvalue weighted by Crippen LogP contribution is 2.38. The highest BCUT2D eigenvalue weighted by Gasteiger charge is 2.40. The molecular weight excluding hydrogens is 208 g/mol. The lowest BCUT2D eigenvalue weighted by atomic mass is 9.91. The maximum Gasteiger partial charge on any atom is 0.277 e. The van der Waals surface area contributed by atoms with Gasteiger partial charge in [0.1, 0.15) is 0 Å². The lowest BCUT2D eigenvalue weighted by molar-refractivity contribution is -0.0659. The molecule has 1 nitrogen and oxygen atoms in total. The average Bonchev–Trinajstić information content (AvgIpc) is 2.59. The van der Waals surface area contributed by atoms with E-state index in [1.165, 1.54) is 12.1 Å². The van der Waals surface area contributed by atoms with Crippen molar-refractivity contribution in [3.05, 3.63) is 35.9 Å². The van der Waals surface area contributed by atoms with Crippen molar-refractivity contribution in [2.75, 3.05) is 13.1 Å². The topological polar surface area (TPSA) is 12.0 Å². The minimum absolute atomic E-state index is 0.142. The molecule has 1 saturated heterocycles. The van der Waals surface area contributed by atoms with Crippen molar-refractivity contribution in [3.8, 4) is 0 Å². The fourth-order valence-corrected chi connectivity index (χ4v) is 2.22. The third kappa shape index (κ3) is 2.40. The molecule has 0 aliphatic carbocycles. The van der Waals surface area contributed by atoms with Crippen LogP contribution in [0.2, 0.25) is 0 Å². The number of benzene rings is 1. The van der Waals surface area contributed by atoms with Gasteiger partial charge in [0.15, 0.2) is 0 Å². The number of alkyl halides is 2. The Morgan fingerprint density at radius 2 is 1.88 bits per heavy atom. The molecule has 1 aliphatic heterocycles. The number of nitrogens with one attached hydrogen (secondary N) is 1. The van der Waals surface area contributed by atoms with E-state index < -0.39 is 11.8 Å². The summed E-state index contributed by atoms with van der Waals surface area (Å²) in [6.07, 6.45) is 2.50. The zero-order valence-electron chi connectivity index (χ0n) is 9.26. The molecule has 0 saturated carbocycles. The Morgan fingerprint density at radius 3 is 2.62 bits per heavy atom. The van der Waals surface area contributed by atoms with Crippen molar-refractivity contribution in [2.45, 2.75) is 25.2 Å². The van der Waals surface area contributed by atoms with Crippen LogP contribution in [0.3, 0.4) is 0 Å². The van der Waals surface area contributed by atoms with Gasteiger partial charge >= 0.3 is 0 Å². The summed E-state index contributed by atoms with van der Waals surface area (Å²) in [5.41, 5.74) is 0.142. The third-order valence-corrected chi connectivity index (χ3v) is 3.22. The fraction of sp³-hybridized carbons (Fsp3) is 0.538. The Bertz CT molecular complexity index is 316. The first-order chi connectivity index (χ1) is 7.71. The van der Waals surface area contributed by atoms with Gasteiger partial charge in [0.05, 0.1) is 0 Å². The molecule has 1 unspecified atom stereocenters. The summed E-state index contributed by atoms with van der Waals surface area (Å²) in [5.74, 6) is -3.28. The molecule has 1 fully saturated rings. The summed E-state index contributed by atoms with van der Waals surface area (Å²) in [4.78, 5) is 0. The van der Waals surface area contributed by atoms with Gasteiger partial charge < -0.3 is 5.32 Å². The monoisotopic (exact) mass is 225 g/mol. The van der Waals surface area contributed by atoms with E-state index in [1.807, 2.05) is 0 Å². The quantitative estimate of drug-likeness (QED) is 0.815. The largest absolute Gasteiger partial charge is 0.316 e. The molecule has 0 radical (unpaired) electrons. The van der Waals surface area contributed by atoms with Crippen LogP contribution in [0, 0.1) is 5.92 Å². The highest BCUT2D eigenvalue weighted by molar-refractivity contribution is 5.21. The first-order valence-corrected chi connectivity index (χ1v) is 5.85. The van der Waals surface area contributed by atoms with Crippen molar-refractivity contribution in [2.24, 2.45) is 5.92 Å². The molecule has 0 aromatic heterocycles. The first-order valence-electron chi connectivity index (χ1n) is 5.85. The SMILES string of the molecule is FC(F)(c1ccccc1)C1CCCCNC1. The molecule has 0 amide bonds. The minimum Gasteiger partial charge on any atom is -0.316 e. The molecule has 0 bridgehead atoms. The van der Waals surface area contributed by atoms with Crippen LogP contribution in [0.15, 0.2) is 30.3 Å². The fourth-order valence-electron chi connectivity index (χ4n) is 2.22. The van der Waals surface area contributed by atoms with Crippen LogP contribution in [-0.2, 0) is 5.92 Å². The van der Waals surface area contributed by atoms with Crippen molar-refractivity contribution < 1.29 is 8.78 Å². The van der Waals surface area contributed by atoms with Crippen LogP contribution in [0.4, 0.5) is 8.78 Å². The molecule has 1 atom stereocenters. The third-order valence-electron chi connectivity index (χ3n) is 3.22. The van der Waals surface area contributed by atoms with Gasteiger partial charge in [-0.05, 0) is 19.4 Å². The number of hydrogen-bond acceptors (Lipinski definition) is 1. The van der Waals surface area contributed by atoms with Gasteiger partial charge in [-0.2, -0.15) is 0 Å². The summed E-state index contributed by atoms with van der Waals surface area (Å²) in [6, 6.07) is 8.15. The van der Waals surface area contributed by atoms with Crippen molar-refractivity contribution in [1.82, 2.24) is 5.32 Å². The summed E-state index contributed by atoms with van der Waals surface area (Å²) in [5, 5.41) is 3.09. The Morgan fingerprint density at radius 1 is 1.12 bits per heavy atom. The molecule has 1 aromatic rings. The van der Waals surface area contributed by atoms with E-state index in [9.17, 15) is 8.78 Å². The van der Waals surface area contributed by atoms with Gasteiger partial charge in [-0.15, -0.1) is 0 Å². The molecule has 16 heavy (non-hydrogen) atoms. The Kier molecular flexibility index (Phi) is 3.54. The van der Waals surface area contributed by atoms with Crippen LogP contribution in [-0.4, -0.2) is 13.1 Å². The zero-order chi connectivity index (χ0) is 11.4. The van der Waals surface area contributed by atoms with E-state index >= 15 is 0 Å². The van der Waals surface area contributed by atoms with E-state index in [1.54, 1.807) is 18.2 Å². The van der Waals surface area contributed by atoms with Gasteiger partial charge in [0, 0.05) is 18.0 Å².